The summed E-state index contributed by atoms with van der Waals surface area (Å²) in [6.07, 6.45) is 7.06. The van der Waals surface area contributed by atoms with E-state index in [1.165, 1.54) is 23.1 Å². The maximum Gasteiger partial charge on any atom is 0.240 e. The molecule has 0 radical (unpaired) electrons. The van der Waals surface area contributed by atoms with Crippen LogP contribution in [0.4, 0.5) is 5.69 Å². The molecule has 3 aromatic rings. The van der Waals surface area contributed by atoms with Crippen LogP contribution in [0.1, 0.15) is 43.7 Å². The molecule has 4 rings (SSSR count). The molecular formula is C25H31N5O4S. The Bertz CT molecular complexity index is 1110. The van der Waals surface area contributed by atoms with E-state index in [9.17, 15) is 9.59 Å². The maximum atomic E-state index is 13.4. The summed E-state index contributed by atoms with van der Waals surface area (Å²) < 4.78 is 12.6. The van der Waals surface area contributed by atoms with E-state index in [2.05, 4.69) is 15.5 Å². The fourth-order valence-corrected chi connectivity index (χ4v) is 5.02. The van der Waals surface area contributed by atoms with Crippen molar-refractivity contribution in [2.45, 2.75) is 56.8 Å². The van der Waals surface area contributed by atoms with Crippen LogP contribution in [0.2, 0.25) is 0 Å². The molecule has 9 nitrogen and oxygen atoms in total. The molecule has 0 unspecified atom stereocenters. The number of rotatable bonds is 10. The number of amides is 2. The summed E-state index contributed by atoms with van der Waals surface area (Å²) in [5, 5.41) is 12.1. The van der Waals surface area contributed by atoms with E-state index in [4.69, 9.17) is 9.15 Å². The van der Waals surface area contributed by atoms with Gasteiger partial charge < -0.3 is 19.4 Å². The number of thioether (sulfide) groups is 1. The Morgan fingerprint density at radius 3 is 2.63 bits per heavy atom. The number of aromatic nitrogens is 3. The van der Waals surface area contributed by atoms with Crippen LogP contribution in [0.5, 0.6) is 5.75 Å². The van der Waals surface area contributed by atoms with Crippen molar-refractivity contribution in [3.8, 4) is 5.75 Å². The molecule has 1 aliphatic rings. The number of ether oxygens (including phenoxy) is 1. The lowest BCUT2D eigenvalue weighted by atomic mass is 9.95. The predicted molar refractivity (Wildman–Crippen MR) is 134 cm³/mol. The number of benzene rings is 1. The number of carbonyl (C=O) groups excluding carboxylic acids is 2. The van der Waals surface area contributed by atoms with Crippen molar-refractivity contribution in [2.75, 3.05) is 24.3 Å². The first kappa shape index (κ1) is 24.8. The van der Waals surface area contributed by atoms with Crippen LogP contribution in [-0.4, -0.2) is 52.0 Å². The van der Waals surface area contributed by atoms with Crippen LogP contribution in [-0.2, 0) is 16.1 Å². The summed E-state index contributed by atoms with van der Waals surface area (Å²) in [4.78, 5) is 27.7. The predicted octanol–water partition coefficient (Wildman–Crippen LogP) is 3.81. The van der Waals surface area contributed by atoms with Crippen molar-refractivity contribution in [1.82, 2.24) is 20.1 Å². The van der Waals surface area contributed by atoms with Crippen molar-refractivity contribution in [2.24, 2.45) is 0 Å². The molecular weight excluding hydrogens is 466 g/mol. The Hall–Kier alpha value is -3.27. The second-order valence-corrected chi connectivity index (χ2v) is 9.51. The highest BCUT2D eigenvalue weighted by Crippen LogP contribution is 2.24. The SMILES string of the molecule is COc1ccc(N(CC(=O)NC2CCCCC2)C(=O)CSc2nnc(C)n2Cc2ccco2)cc1. The minimum absolute atomic E-state index is 0.0413. The van der Waals surface area contributed by atoms with Crippen LogP contribution in [0.25, 0.3) is 0 Å². The highest BCUT2D eigenvalue weighted by atomic mass is 32.2. The molecule has 1 N–H and O–H groups in total. The number of nitrogens with zero attached hydrogens (tertiary/aromatic N) is 4. The zero-order valence-corrected chi connectivity index (χ0v) is 20.9. The van der Waals surface area contributed by atoms with Gasteiger partial charge in [-0.05, 0) is 56.2 Å². The van der Waals surface area contributed by atoms with Gasteiger partial charge in [-0.1, -0.05) is 31.0 Å². The lowest BCUT2D eigenvalue weighted by molar-refractivity contribution is -0.123. The number of anilines is 1. The van der Waals surface area contributed by atoms with E-state index >= 15 is 0 Å². The molecule has 35 heavy (non-hydrogen) atoms. The lowest BCUT2D eigenvalue weighted by Gasteiger charge is -2.26. The molecule has 2 amide bonds. The van der Waals surface area contributed by atoms with Gasteiger partial charge in [0.15, 0.2) is 5.16 Å². The van der Waals surface area contributed by atoms with Crippen LogP contribution in [0, 0.1) is 6.92 Å². The van der Waals surface area contributed by atoms with Crippen LogP contribution >= 0.6 is 11.8 Å². The molecule has 1 aromatic carbocycles. The van der Waals surface area contributed by atoms with E-state index in [0.29, 0.717) is 23.1 Å². The summed E-state index contributed by atoms with van der Waals surface area (Å²) in [5.41, 5.74) is 0.642. The van der Waals surface area contributed by atoms with Crippen molar-refractivity contribution >= 4 is 29.3 Å². The molecule has 0 spiro atoms. The Morgan fingerprint density at radius 1 is 1.17 bits per heavy atom. The molecule has 0 aliphatic heterocycles. The average molecular weight is 498 g/mol. The van der Waals surface area contributed by atoms with Gasteiger partial charge in [-0.25, -0.2) is 0 Å². The number of furan rings is 1. The van der Waals surface area contributed by atoms with E-state index in [1.807, 2.05) is 23.6 Å². The fraction of sp³-hybridized carbons (Fsp3) is 0.440. The first-order chi connectivity index (χ1) is 17.0. The molecule has 1 saturated carbocycles. The molecule has 1 fully saturated rings. The standard InChI is InChI=1S/C25H31N5O4S/c1-18-27-28-25(29(18)15-22-9-6-14-34-22)35-17-24(32)30(20-10-12-21(33-2)13-11-20)16-23(31)26-19-7-4-3-5-8-19/h6,9-14,19H,3-5,7-8,15-17H2,1-2H3,(H,26,31). The second kappa shape index (κ2) is 11.9. The van der Waals surface area contributed by atoms with Crippen LogP contribution in [0.15, 0.2) is 52.2 Å². The molecule has 0 saturated heterocycles. The molecule has 0 atom stereocenters. The normalized spacial score (nSPS) is 14.0. The van der Waals surface area contributed by atoms with E-state index < -0.39 is 0 Å². The molecule has 2 heterocycles. The summed E-state index contributed by atoms with van der Waals surface area (Å²) in [7, 11) is 1.59. The number of hydrogen-bond donors (Lipinski definition) is 1. The van der Waals surface area contributed by atoms with Gasteiger partial charge >= 0.3 is 0 Å². The lowest BCUT2D eigenvalue weighted by Crippen LogP contribution is -2.45. The van der Waals surface area contributed by atoms with Gasteiger partial charge in [-0.15, -0.1) is 10.2 Å². The minimum Gasteiger partial charge on any atom is -0.497 e. The third-order valence-corrected chi connectivity index (χ3v) is 7.03. The molecule has 2 aromatic heterocycles. The van der Waals surface area contributed by atoms with Crippen molar-refractivity contribution in [3.05, 3.63) is 54.2 Å². The monoisotopic (exact) mass is 497 g/mol. The Labute approximate surface area is 209 Å². The summed E-state index contributed by atoms with van der Waals surface area (Å²) in [6, 6.07) is 11.0. The maximum absolute atomic E-state index is 13.4. The zero-order valence-electron chi connectivity index (χ0n) is 20.1. The van der Waals surface area contributed by atoms with Crippen LogP contribution in [0.3, 0.4) is 0 Å². The highest BCUT2D eigenvalue weighted by molar-refractivity contribution is 7.99. The van der Waals surface area contributed by atoms with Gasteiger partial charge in [0.1, 0.15) is 23.9 Å². The first-order valence-electron chi connectivity index (χ1n) is 11.8. The van der Waals surface area contributed by atoms with Gasteiger partial charge in [0.25, 0.3) is 0 Å². The first-order valence-corrected chi connectivity index (χ1v) is 12.8. The largest absolute Gasteiger partial charge is 0.497 e. The fourth-order valence-electron chi connectivity index (χ4n) is 4.16. The second-order valence-electron chi connectivity index (χ2n) is 8.56. The third kappa shape index (κ3) is 6.66. The average Bonchev–Trinajstić information content (AvgIpc) is 3.52. The van der Waals surface area contributed by atoms with Gasteiger partial charge in [0, 0.05) is 11.7 Å². The van der Waals surface area contributed by atoms with Crippen molar-refractivity contribution in [1.29, 1.82) is 0 Å². The third-order valence-electron chi connectivity index (χ3n) is 6.08. The topological polar surface area (TPSA) is 102 Å². The molecule has 10 heteroatoms. The van der Waals surface area contributed by atoms with Crippen LogP contribution < -0.4 is 15.0 Å². The van der Waals surface area contributed by atoms with Gasteiger partial charge in [0.05, 0.1) is 25.7 Å². The summed E-state index contributed by atoms with van der Waals surface area (Å²) in [6.45, 7) is 2.30. The Morgan fingerprint density at radius 2 is 1.94 bits per heavy atom. The number of hydrogen-bond acceptors (Lipinski definition) is 7. The number of carbonyl (C=O) groups is 2. The van der Waals surface area contributed by atoms with Gasteiger partial charge in [0.2, 0.25) is 11.8 Å². The summed E-state index contributed by atoms with van der Waals surface area (Å²) in [5.74, 6) is 1.96. The van der Waals surface area contributed by atoms with Crippen molar-refractivity contribution in [3.63, 3.8) is 0 Å². The Balaban J connectivity index is 1.45. The number of methoxy groups -OCH3 is 1. The smallest absolute Gasteiger partial charge is 0.240 e. The van der Waals surface area contributed by atoms with E-state index in [1.54, 1.807) is 37.6 Å². The van der Waals surface area contributed by atoms with Crippen molar-refractivity contribution < 1.29 is 18.7 Å². The Kier molecular flexibility index (Phi) is 8.46. The minimum atomic E-state index is -0.191. The molecule has 0 bridgehead atoms. The highest BCUT2D eigenvalue weighted by Gasteiger charge is 2.23. The van der Waals surface area contributed by atoms with E-state index in [-0.39, 0.29) is 30.2 Å². The van der Waals surface area contributed by atoms with Gasteiger partial charge in [-0.3, -0.25) is 14.2 Å². The zero-order chi connectivity index (χ0) is 24.6. The van der Waals surface area contributed by atoms with Gasteiger partial charge in [-0.2, -0.15) is 0 Å². The quantitative estimate of drug-likeness (QED) is 0.425. The van der Waals surface area contributed by atoms with E-state index in [0.717, 1.165) is 37.3 Å². The molecule has 186 valence electrons. The molecule has 1 aliphatic carbocycles. The number of aryl methyl sites for hydroxylation is 1. The number of nitrogens with one attached hydrogen (secondary N) is 1. The summed E-state index contributed by atoms with van der Waals surface area (Å²) >= 11 is 1.29.